The number of hydrogen-bond acceptors (Lipinski definition) is 3. The highest BCUT2D eigenvalue weighted by molar-refractivity contribution is 7.92. The predicted molar refractivity (Wildman–Crippen MR) is 95.3 cm³/mol. The highest BCUT2D eigenvalue weighted by Gasteiger charge is 2.18. The van der Waals surface area contributed by atoms with Crippen molar-refractivity contribution in [2.75, 3.05) is 4.72 Å². The van der Waals surface area contributed by atoms with Crippen LogP contribution in [0.25, 0.3) is 5.69 Å². The second-order valence-corrected chi connectivity index (χ2v) is 7.46. The Hall–Kier alpha value is -2.31. The van der Waals surface area contributed by atoms with Crippen LogP contribution in [0.2, 0.25) is 5.02 Å². The van der Waals surface area contributed by atoms with Crippen LogP contribution in [0.15, 0.2) is 59.6 Å². The zero-order chi connectivity index (χ0) is 17.3. The molecule has 0 amide bonds. The van der Waals surface area contributed by atoms with E-state index in [9.17, 15) is 8.42 Å². The lowest BCUT2D eigenvalue weighted by Crippen LogP contribution is -2.14. The number of nitrogens with one attached hydrogen (secondary N) is 1. The predicted octanol–water partition coefficient (Wildman–Crippen LogP) is 3.94. The fourth-order valence-corrected chi connectivity index (χ4v) is 3.98. The zero-order valence-electron chi connectivity index (χ0n) is 13.2. The summed E-state index contributed by atoms with van der Waals surface area (Å²) in [6, 6.07) is 13.8. The van der Waals surface area contributed by atoms with Gasteiger partial charge in [0, 0.05) is 16.9 Å². The normalized spacial score (nSPS) is 11.5. The molecule has 0 radical (unpaired) electrons. The molecule has 1 heterocycles. The molecule has 0 fully saturated rings. The van der Waals surface area contributed by atoms with Gasteiger partial charge in [-0.15, -0.1) is 0 Å². The Bertz CT molecular complexity index is 997. The molecule has 0 unspecified atom stereocenters. The maximum atomic E-state index is 12.6. The number of nitrogens with zero attached hydrogens (tertiary/aromatic N) is 2. The van der Waals surface area contributed by atoms with Gasteiger partial charge in [-0.1, -0.05) is 23.7 Å². The maximum absolute atomic E-state index is 12.6. The van der Waals surface area contributed by atoms with E-state index in [-0.39, 0.29) is 4.90 Å². The van der Waals surface area contributed by atoms with Crippen molar-refractivity contribution in [3.63, 3.8) is 0 Å². The number of aryl methyl sites for hydroxylation is 1. The van der Waals surface area contributed by atoms with Crippen molar-refractivity contribution in [2.24, 2.45) is 0 Å². The number of benzene rings is 2. The second-order valence-electron chi connectivity index (χ2n) is 5.40. The SMILES string of the molecule is Cc1c(Cl)cccc1S(=O)(=O)Nc1cccc(-n2nccc2C)c1. The average Bonchev–Trinajstić information content (AvgIpc) is 2.96. The molecule has 0 atom stereocenters. The van der Waals surface area contributed by atoms with E-state index in [2.05, 4.69) is 9.82 Å². The van der Waals surface area contributed by atoms with Crippen LogP contribution in [0.5, 0.6) is 0 Å². The fourth-order valence-electron chi connectivity index (χ4n) is 2.43. The van der Waals surface area contributed by atoms with E-state index in [4.69, 9.17) is 11.6 Å². The third kappa shape index (κ3) is 3.16. The van der Waals surface area contributed by atoms with Gasteiger partial charge in [0.1, 0.15) is 0 Å². The summed E-state index contributed by atoms with van der Waals surface area (Å²) >= 11 is 6.03. The lowest BCUT2D eigenvalue weighted by molar-refractivity contribution is 0.600. The number of halogens is 1. The monoisotopic (exact) mass is 361 g/mol. The molecule has 1 N–H and O–H groups in total. The van der Waals surface area contributed by atoms with Crippen molar-refractivity contribution in [2.45, 2.75) is 18.7 Å². The highest BCUT2D eigenvalue weighted by atomic mass is 35.5. The van der Waals surface area contributed by atoms with Gasteiger partial charge in [0.05, 0.1) is 16.3 Å². The lowest BCUT2D eigenvalue weighted by Gasteiger charge is -2.12. The van der Waals surface area contributed by atoms with Crippen molar-refractivity contribution < 1.29 is 8.42 Å². The molecule has 124 valence electrons. The minimum absolute atomic E-state index is 0.163. The van der Waals surface area contributed by atoms with Gasteiger partial charge in [-0.2, -0.15) is 5.10 Å². The molecule has 1 aromatic heterocycles. The quantitative estimate of drug-likeness (QED) is 0.765. The Morgan fingerprint density at radius 1 is 1.08 bits per heavy atom. The van der Waals surface area contributed by atoms with E-state index in [1.54, 1.807) is 48.1 Å². The molecule has 0 aliphatic carbocycles. The molecule has 0 saturated heterocycles. The number of aromatic nitrogens is 2. The summed E-state index contributed by atoms with van der Waals surface area (Å²) in [5.74, 6) is 0. The smallest absolute Gasteiger partial charge is 0.262 e. The molecule has 0 aliphatic heterocycles. The summed E-state index contributed by atoms with van der Waals surface area (Å²) in [7, 11) is -3.73. The molecule has 3 rings (SSSR count). The van der Waals surface area contributed by atoms with Crippen LogP contribution in [-0.4, -0.2) is 18.2 Å². The molecule has 2 aromatic carbocycles. The van der Waals surface area contributed by atoms with Crippen molar-refractivity contribution >= 4 is 27.3 Å². The van der Waals surface area contributed by atoms with E-state index in [1.165, 1.54) is 6.07 Å². The summed E-state index contributed by atoms with van der Waals surface area (Å²) in [6.45, 7) is 3.61. The van der Waals surface area contributed by atoms with Crippen LogP contribution in [-0.2, 0) is 10.0 Å². The van der Waals surface area contributed by atoms with E-state index in [0.29, 0.717) is 16.3 Å². The summed E-state index contributed by atoms with van der Waals surface area (Å²) in [5, 5.41) is 4.65. The summed E-state index contributed by atoms with van der Waals surface area (Å²) in [6.07, 6.45) is 1.70. The molecule has 0 saturated carbocycles. The largest absolute Gasteiger partial charge is 0.280 e. The van der Waals surface area contributed by atoms with Crippen LogP contribution in [0.1, 0.15) is 11.3 Å². The van der Waals surface area contributed by atoms with Gasteiger partial charge in [-0.05, 0) is 55.8 Å². The van der Waals surface area contributed by atoms with Gasteiger partial charge in [-0.3, -0.25) is 4.72 Å². The van der Waals surface area contributed by atoms with E-state index >= 15 is 0 Å². The maximum Gasteiger partial charge on any atom is 0.262 e. The molecule has 0 spiro atoms. The molecular weight excluding hydrogens is 346 g/mol. The van der Waals surface area contributed by atoms with Gasteiger partial charge in [-0.25, -0.2) is 13.1 Å². The minimum atomic E-state index is -3.73. The number of hydrogen-bond donors (Lipinski definition) is 1. The summed E-state index contributed by atoms with van der Waals surface area (Å²) in [5.41, 5.74) is 2.72. The Balaban J connectivity index is 1.96. The Labute approximate surface area is 145 Å². The van der Waals surface area contributed by atoms with Crippen molar-refractivity contribution in [3.8, 4) is 5.69 Å². The third-order valence-corrected chi connectivity index (χ3v) is 5.62. The van der Waals surface area contributed by atoms with Crippen LogP contribution in [0.3, 0.4) is 0 Å². The van der Waals surface area contributed by atoms with Gasteiger partial charge in [0.2, 0.25) is 0 Å². The van der Waals surface area contributed by atoms with Crippen molar-refractivity contribution in [1.82, 2.24) is 9.78 Å². The van der Waals surface area contributed by atoms with E-state index < -0.39 is 10.0 Å². The van der Waals surface area contributed by atoms with E-state index in [1.807, 2.05) is 19.1 Å². The van der Waals surface area contributed by atoms with Gasteiger partial charge in [0.25, 0.3) is 10.0 Å². The van der Waals surface area contributed by atoms with Gasteiger partial charge >= 0.3 is 0 Å². The van der Waals surface area contributed by atoms with Crippen LogP contribution in [0, 0.1) is 13.8 Å². The van der Waals surface area contributed by atoms with Crippen LogP contribution >= 0.6 is 11.6 Å². The van der Waals surface area contributed by atoms with E-state index in [0.717, 1.165) is 11.4 Å². The minimum Gasteiger partial charge on any atom is -0.280 e. The highest BCUT2D eigenvalue weighted by Crippen LogP contribution is 2.25. The number of sulfonamides is 1. The van der Waals surface area contributed by atoms with Crippen LogP contribution < -0.4 is 4.72 Å². The van der Waals surface area contributed by atoms with Crippen molar-refractivity contribution in [3.05, 3.63) is 71.0 Å². The molecule has 0 aliphatic rings. The molecule has 3 aromatic rings. The first kappa shape index (κ1) is 16.5. The first-order valence-corrected chi connectivity index (χ1v) is 9.13. The topological polar surface area (TPSA) is 64.0 Å². The standard InChI is InChI=1S/C17H16ClN3O2S/c1-12-9-10-19-21(12)15-6-3-5-14(11-15)20-24(22,23)17-8-4-7-16(18)13(17)2/h3-11,20H,1-2H3. The van der Waals surface area contributed by atoms with Crippen LogP contribution in [0.4, 0.5) is 5.69 Å². The molecule has 0 bridgehead atoms. The molecular formula is C17H16ClN3O2S. The first-order chi connectivity index (χ1) is 11.4. The Morgan fingerprint density at radius 3 is 2.54 bits per heavy atom. The second kappa shape index (κ2) is 6.30. The van der Waals surface area contributed by atoms with Gasteiger partial charge in [0.15, 0.2) is 0 Å². The third-order valence-electron chi connectivity index (χ3n) is 3.68. The molecule has 7 heteroatoms. The Kier molecular flexibility index (Phi) is 4.34. The van der Waals surface area contributed by atoms with Crippen molar-refractivity contribution in [1.29, 1.82) is 0 Å². The molecule has 24 heavy (non-hydrogen) atoms. The molecule has 5 nitrogen and oxygen atoms in total. The summed E-state index contributed by atoms with van der Waals surface area (Å²) < 4.78 is 29.6. The first-order valence-electron chi connectivity index (χ1n) is 7.27. The zero-order valence-corrected chi connectivity index (χ0v) is 14.8. The lowest BCUT2D eigenvalue weighted by atomic mass is 10.2. The summed E-state index contributed by atoms with van der Waals surface area (Å²) in [4.78, 5) is 0.163. The number of rotatable bonds is 4. The fraction of sp³-hybridized carbons (Fsp3) is 0.118. The Morgan fingerprint density at radius 2 is 1.83 bits per heavy atom. The number of anilines is 1. The average molecular weight is 362 g/mol. The van der Waals surface area contributed by atoms with Gasteiger partial charge < -0.3 is 0 Å².